The Bertz CT molecular complexity index is 558. The molecule has 0 saturated carbocycles. The van der Waals surface area contributed by atoms with Crippen LogP contribution in [0.2, 0.25) is 0 Å². The highest BCUT2D eigenvalue weighted by Gasteiger charge is 2.03. The smallest absolute Gasteiger partial charge is 0.304 e. The molecular weight excluding hydrogens is 272 g/mol. The van der Waals surface area contributed by atoms with E-state index in [0.29, 0.717) is 23.3 Å². The lowest BCUT2D eigenvalue weighted by atomic mass is 10.4. The van der Waals surface area contributed by atoms with Crippen LogP contribution in [0.1, 0.15) is 5.69 Å². The van der Waals surface area contributed by atoms with Gasteiger partial charge in [-0.1, -0.05) is 23.1 Å². The molecule has 9 heteroatoms. The fourth-order valence-electron chi connectivity index (χ4n) is 1.27. The van der Waals surface area contributed by atoms with E-state index in [4.69, 9.17) is 5.84 Å². The summed E-state index contributed by atoms with van der Waals surface area (Å²) in [6.07, 6.45) is 1.88. The second-order valence-electron chi connectivity index (χ2n) is 3.30. The van der Waals surface area contributed by atoms with E-state index in [1.807, 2.05) is 6.26 Å². The second kappa shape index (κ2) is 5.85. The highest BCUT2D eigenvalue weighted by molar-refractivity contribution is 7.98. The lowest BCUT2D eigenvalue weighted by Gasteiger charge is -2.07. The summed E-state index contributed by atoms with van der Waals surface area (Å²) < 4.78 is 0. The number of nitrogens with zero attached hydrogens (tertiary/aromatic N) is 2. The molecule has 5 N–H and O–H groups in total. The highest BCUT2D eigenvalue weighted by atomic mass is 32.2. The molecule has 2 rings (SSSR count). The fourth-order valence-corrected chi connectivity index (χ4v) is 2.23. The van der Waals surface area contributed by atoms with Crippen LogP contribution in [-0.2, 0) is 6.54 Å². The first-order valence-electron chi connectivity index (χ1n) is 5.01. The van der Waals surface area contributed by atoms with Crippen molar-refractivity contribution in [2.45, 2.75) is 11.7 Å². The van der Waals surface area contributed by atoms with Gasteiger partial charge in [-0.3, -0.25) is 4.79 Å². The monoisotopic (exact) mass is 284 g/mol. The number of hydrazine groups is 1. The van der Waals surface area contributed by atoms with E-state index in [2.05, 4.69) is 25.7 Å². The van der Waals surface area contributed by atoms with Crippen molar-refractivity contribution >= 4 is 34.7 Å². The van der Waals surface area contributed by atoms with Crippen LogP contribution in [0.4, 0.5) is 11.6 Å². The third kappa shape index (κ3) is 3.22. The molecule has 0 spiro atoms. The molecule has 18 heavy (non-hydrogen) atoms. The number of aromatic amines is 1. The minimum Gasteiger partial charge on any atom is -0.364 e. The van der Waals surface area contributed by atoms with Gasteiger partial charge in [-0.2, -0.15) is 0 Å². The lowest BCUT2D eigenvalue weighted by Crippen LogP contribution is -2.11. The van der Waals surface area contributed by atoms with Crippen molar-refractivity contribution in [3.05, 3.63) is 26.8 Å². The van der Waals surface area contributed by atoms with E-state index >= 15 is 0 Å². The van der Waals surface area contributed by atoms with Gasteiger partial charge in [0.2, 0.25) is 0 Å². The van der Waals surface area contributed by atoms with E-state index < -0.39 is 0 Å². The van der Waals surface area contributed by atoms with Crippen LogP contribution in [0.15, 0.2) is 21.4 Å². The topological polar surface area (TPSA) is 109 Å². The molecule has 0 aliphatic carbocycles. The van der Waals surface area contributed by atoms with Crippen LogP contribution in [0, 0.1) is 0 Å². The number of rotatable bonds is 5. The molecule has 2 aromatic heterocycles. The number of thiazole rings is 1. The molecule has 0 aliphatic rings. The first kappa shape index (κ1) is 12.9. The first-order valence-corrected chi connectivity index (χ1v) is 7.12. The molecule has 0 radical (unpaired) electrons. The van der Waals surface area contributed by atoms with Gasteiger partial charge in [-0.15, -0.1) is 0 Å². The maximum Gasteiger partial charge on any atom is 0.304 e. The predicted molar refractivity (Wildman–Crippen MR) is 73.9 cm³/mol. The van der Waals surface area contributed by atoms with Crippen LogP contribution in [0.25, 0.3) is 0 Å². The highest BCUT2D eigenvalue weighted by Crippen LogP contribution is 2.16. The van der Waals surface area contributed by atoms with Gasteiger partial charge in [-0.25, -0.2) is 15.8 Å². The van der Waals surface area contributed by atoms with Crippen molar-refractivity contribution < 1.29 is 0 Å². The minimum atomic E-state index is -0.0661. The number of anilines is 2. The van der Waals surface area contributed by atoms with Gasteiger partial charge in [0.1, 0.15) is 11.6 Å². The molecule has 0 atom stereocenters. The Labute approximate surface area is 111 Å². The van der Waals surface area contributed by atoms with Crippen LogP contribution in [0.3, 0.4) is 0 Å². The van der Waals surface area contributed by atoms with Gasteiger partial charge in [0.15, 0.2) is 5.16 Å². The lowest BCUT2D eigenvalue weighted by molar-refractivity contribution is 0.945. The van der Waals surface area contributed by atoms with Gasteiger partial charge in [0.25, 0.3) is 0 Å². The summed E-state index contributed by atoms with van der Waals surface area (Å²) in [6, 6.07) is 1.70. The van der Waals surface area contributed by atoms with E-state index in [1.165, 1.54) is 11.8 Å². The van der Waals surface area contributed by atoms with Gasteiger partial charge in [0, 0.05) is 17.1 Å². The number of hydrogen-bond acceptors (Lipinski definition) is 8. The molecule has 0 aliphatic heterocycles. The van der Waals surface area contributed by atoms with E-state index in [9.17, 15) is 4.79 Å². The zero-order valence-electron chi connectivity index (χ0n) is 9.56. The Kier molecular flexibility index (Phi) is 4.18. The fraction of sp³-hybridized carbons (Fsp3) is 0.222. The SMILES string of the molecule is CSc1nc(NN)cc(NCc2csc(=O)[nH]2)n1. The number of nitrogens with two attached hydrogens (primary N) is 1. The number of thioether (sulfide) groups is 1. The van der Waals surface area contributed by atoms with Crippen LogP contribution in [-0.4, -0.2) is 21.2 Å². The third-order valence-electron chi connectivity index (χ3n) is 2.07. The maximum atomic E-state index is 11.0. The van der Waals surface area contributed by atoms with Crippen LogP contribution >= 0.6 is 23.1 Å². The second-order valence-corrected chi connectivity index (χ2v) is 4.91. The average molecular weight is 284 g/mol. The quantitative estimate of drug-likeness (QED) is 0.279. The summed E-state index contributed by atoms with van der Waals surface area (Å²) in [5.74, 6) is 6.51. The molecule has 2 aromatic rings. The van der Waals surface area contributed by atoms with E-state index in [0.717, 1.165) is 17.0 Å². The van der Waals surface area contributed by atoms with Crippen molar-refractivity contribution in [3.63, 3.8) is 0 Å². The Hall–Kier alpha value is -1.58. The standard InChI is InChI=1S/C9H12N6OS2/c1-17-8-13-6(2-7(14-8)15-10)11-3-5-4-18-9(16)12-5/h2,4H,3,10H2,1H3,(H,12,16)(H2,11,13,14,15). The largest absolute Gasteiger partial charge is 0.364 e. The predicted octanol–water partition coefficient (Wildman–Crippen LogP) is 0.846. The summed E-state index contributed by atoms with van der Waals surface area (Å²) in [4.78, 5) is 22.1. The van der Waals surface area contributed by atoms with Crippen LogP contribution < -0.4 is 21.5 Å². The number of H-pyrrole nitrogens is 1. The molecule has 96 valence electrons. The van der Waals surface area contributed by atoms with E-state index in [1.54, 1.807) is 11.4 Å². The zero-order chi connectivity index (χ0) is 13.0. The van der Waals surface area contributed by atoms with Crippen molar-refractivity contribution in [3.8, 4) is 0 Å². The molecule has 0 amide bonds. The Morgan fingerprint density at radius 3 is 2.89 bits per heavy atom. The summed E-state index contributed by atoms with van der Waals surface area (Å²) in [7, 11) is 0. The average Bonchev–Trinajstić information content (AvgIpc) is 2.81. The molecule has 0 saturated heterocycles. The van der Waals surface area contributed by atoms with Crippen molar-refractivity contribution in [2.24, 2.45) is 5.84 Å². The van der Waals surface area contributed by atoms with Gasteiger partial charge >= 0.3 is 4.87 Å². The Balaban J connectivity index is 2.10. The number of nitrogens with one attached hydrogen (secondary N) is 3. The van der Waals surface area contributed by atoms with Crippen molar-refractivity contribution in [1.29, 1.82) is 0 Å². The normalized spacial score (nSPS) is 10.3. The van der Waals surface area contributed by atoms with Crippen molar-refractivity contribution in [2.75, 3.05) is 17.0 Å². The Morgan fingerprint density at radius 1 is 1.50 bits per heavy atom. The maximum absolute atomic E-state index is 11.0. The molecule has 0 bridgehead atoms. The summed E-state index contributed by atoms with van der Waals surface area (Å²) in [5, 5.41) is 5.49. The number of nitrogen functional groups attached to an aromatic ring is 1. The molecule has 0 aromatic carbocycles. The number of hydrogen-bond donors (Lipinski definition) is 4. The van der Waals surface area contributed by atoms with Gasteiger partial charge in [-0.05, 0) is 6.26 Å². The summed E-state index contributed by atoms with van der Waals surface area (Å²) >= 11 is 2.56. The first-order chi connectivity index (χ1) is 8.71. The van der Waals surface area contributed by atoms with Crippen LogP contribution in [0.5, 0.6) is 0 Å². The molecule has 2 heterocycles. The summed E-state index contributed by atoms with van der Waals surface area (Å²) in [5.41, 5.74) is 3.30. The molecule has 0 unspecified atom stereocenters. The molecule has 0 fully saturated rings. The molecule has 7 nitrogen and oxygen atoms in total. The Morgan fingerprint density at radius 2 is 2.28 bits per heavy atom. The van der Waals surface area contributed by atoms with Gasteiger partial charge < -0.3 is 15.7 Å². The third-order valence-corrected chi connectivity index (χ3v) is 3.33. The van der Waals surface area contributed by atoms with Gasteiger partial charge in [0.05, 0.1) is 6.54 Å². The molecular formula is C9H12N6OS2. The summed E-state index contributed by atoms with van der Waals surface area (Å²) in [6.45, 7) is 0.494. The minimum absolute atomic E-state index is 0.0661. The van der Waals surface area contributed by atoms with E-state index in [-0.39, 0.29) is 4.87 Å². The van der Waals surface area contributed by atoms with Crippen molar-refractivity contribution in [1.82, 2.24) is 15.0 Å². The number of aromatic nitrogens is 3. The zero-order valence-corrected chi connectivity index (χ0v) is 11.2.